The van der Waals surface area contributed by atoms with Gasteiger partial charge in [-0.15, -0.1) is 21.5 Å². The first-order valence-electron chi connectivity index (χ1n) is 10.9. The SMILES string of the molecule is C=CS(=O)(=O)Nc1ccc(Oc2ccc(F)cc2F)c(-c2cn(C)c(=O)c3sc(-c4nnc(C)o4)cc23)c1. The number of aryl methyl sites for hydroxylation is 2. The lowest BCUT2D eigenvalue weighted by atomic mass is 10.0. The van der Waals surface area contributed by atoms with Gasteiger partial charge < -0.3 is 13.7 Å². The van der Waals surface area contributed by atoms with Crippen LogP contribution in [-0.2, 0) is 17.1 Å². The maximum Gasteiger partial charge on any atom is 0.268 e. The van der Waals surface area contributed by atoms with Gasteiger partial charge in [-0.2, -0.15) is 0 Å². The third kappa shape index (κ3) is 4.80. The van der Waals surface area contributed by atoms with E-state index in [9.17, 15) is 22.0 Å². The van der Waals surface area contributed by atoms with E-state index in [1.54, 1.807) is 26.2 Å². The normalized spacial score (nSPS) is 11.6. The molecule has 0 bridgehead atoms. The Morgan fingerprint density at radius 2 is 1.87 bits per heavy atom. The van der Waals surface area contributed by atoms with Crippen molar-refractivity contribution in [3.8, 4) is 33.4 Å². The molecule has 3 aromatic heterocycles. The van der Waals surface area contributed by atoms with Crippen molar-refractivity contribution in [2.75, 3.05) is 4.72 Å². The number of nitrogens with one attached hydrogen (secondary N) is 1. The van der Waals surface area contributed by atoms with Gasteiger partial charge in [0, 0.05) is 53.8 Å². The van der Waals surface area contributed by atoms with Gasteiger partial charge in [0.1, 0.15) is 16.3 Å². The van der Waals surface area contributed by atoms with Gasteiger partial charge in [0.05, 0.1) is 4.88 Å². The smallest absolute Gasteiger partial charge is 0.268 e. The van der Waals surface area contributed by atoms with Crippen molar-refractivity contribution in [2.24, 2.45) is 7.05 Å². The number of hydrogen-bond donors (Lipinski definition) is 1. The lowest BCUT2D eigenvalue weighted by molar-refractivity contribution is 0.439. The highest BCUT2D eigenvalue weighted by Gasteiger charge is 2.21. The quantitative estimate of drug-likeness (QED) is 0.278. The Balaban J connectivity index is 1.75. The molecule has 5 aromatic rings. The number of pyridine rings is 1. The number of anilines is 1. The zero-order chi connectivity index (χ0) is 27.2. The summed E-state index contributed by atoms with van der Waals surface area (Å²) in [5.74, 6) is -1.24. The number of hydrogen-bond acceptors (Lipinski definition) is 8. The monoisotopic (exact) mass is 556 g/mol. The van der Waals surface area contributed by atoms with Crippen LogP contribution >= 0.6 is 11.3 Å². The van der Waals surface area contributed by atoms with Crippen LogP contribution < -0.4 is 15.0 Å². The van der Waals surface area contributed by atoms with Crippen LogP contribution in [0.5, 0.6) is 11.5 Å². The summed E-state index contributed by atoms with van der Waals surface area (Å²) in [5.41, 5.74) is 0.672. The van der Waals surface area contributed by atoms with Crippen molar-refractivity contribution >= 4 is 37.1 Å². The summed E-state index contributed by atoms with van der Waals surface area (Å²) < 4.78 is 67.6. The number of sulfonamides is 1. The molecule has 194 valence electrons. The highest BCUT2D eigenvalue weighted by atomic mass is 32.2. The Kier molecular flexibility index (Phi) is 6.33. The van der Waals surface area contributed by atoms with E-state index in [0.29, 0.717) is 38.0 Å². The molecule has 0 amide bonds. The number of nitrogens with zero attached hydrogens (tertiary/aromatic N) is 3. The Labute approximate surface area is 218 Å². The number of fused-ring (bicyclic) bond motifs is 1. The molecule has 0 radical (unpaired) electrons. The van der Waals surface area contributed by atoms with E-state index in [-0.39, 0.29) is 28.6 Å². The summed E-state index contributed by atoms with van der Waals surface area (Å²) in [6.07, 6.45) is 1.55. The second kappa shape index (κ2) is 9.50. The van der Waals surface area contributed by atoms with E-state index in [0.717, 1.165) is 28.9 Å². The predicted octanol–water partition coefficient (Wildman–Crippen LogP) is 5.58. The summed E-state index contributed by atoms with van der Waals surface area (Å²) >= 11 is 1.15. The minimum Gasteiger partial charge on any atom is -0.454 e. The number of halogens is 2. The fourth-order valence-corrected chi connectivity index (χ4v) is 5.34. The first-order valence-corrected chi connectivity index (χ1v) is 13.3. The van der Waals surface area contributed by atoms with E-state index in [1.807, 2.05) is 0 Å². The number of benzene rings is 2. The molecule has 0 saturated carbocycles. The molecular weight excluding hydrogens is 538 g/mol. The van der Waals surface area contributed by atoms with E-state index in [1.165, 1.54) is 22.8 Å². The Morgan fingerprint density at radius 1 is 1.11 bits per heavy atom. The van der Waals surface area contributed by atoms with Gasteiger partial charge >= 0.3 is 0 Å². The lowest BCUT2D eigenvalue weighted by Crippen LogP contribution is -2.15. The zero-order valence-corrected chi connectivity index (χ0v) is 21.5. The maximum absolute atomic E-state index is 14.4. The van der Waals surface area contributed by atoms with Gasteiger partial charge in [-0.05, 0) is 36.4 Å². The van der Waals surface area contributed by atoms with Gasteiger partial charge in [0.25, 0.3) is 21.5 Å². The average Bonchev–Trinajstić information content (AvgIpc) is 3.51. The largest absolute Gasteiger partial charge is 0.454 e. The molecule has 0 aliphatic carbocycles. The van der Waals surface area contributed by atoms with Gasteiger partial charge in [0.2, 0.25) is 5.89 Å². The number of ether oxygens (including phenoxy) is 1. The van der Waals surface area contributed by atoms with Crippen molar-refractivity contribution in [3.63, 3.8) is 0 Å². The maximum atomic E-state index is 14.4. The number of aromatic nitrogens is 3. The van der Waals surface area contributed by atoms with Crippen LogP contribution in [0.15, 0.2) is 69.9 Å². The van der Waals surface area contributed by atoms with Crippen molar-refractivity contribution in [2.45, 2.75) is 6.92 Å². The standard InChI is InChI=1S/C25H18F2N4O5S2/c1-4-38(33,34)30-15-6-8-20(36-21-7-5-14(26)9-19(21)27)16(10-15)18-12-31(3)25(32)23-17(18)11-22(37-23)24-29-28-13(2)35-24/h4-12,30H,1H2,2-3H3. The van der Waals surface area contributed by atoms with E-state index >= 15 is 0 Å². The van der Waals surface area contributed by atoms with E-state index in [4.69, 9.17) is 9.15 Å². The van der Waals surface area contributed by atoms with Gasteiger partial charge in [0.15, 0.2) is 11.6 Å². The third-order valence-corrected chi connectivity index (χ3v) is 7.53. The first-order chi connectivity index (χ1) is 18.0. The Morgan fingerprint density at radius 3 is 2.55 bits per heavy atom. The Hall–Kier alpha value is -4.36. The molecule has 2 aromatic carbocycles. The Bertz CT molecular complexity index is 1890. The fourth-order valence-electron chi connectivity index (χ4n) is 3.72. The molecule has 0 spiro atoms. The van der Waals surface area contributed by atoms with E-state index in [2.05, 4.69) is 21.5 Å². The molecule has 1 N–H and O–H groups in total. The summed E-state index contributed by atoms with van der Waals surface area (Å²) in [4.78, 5) is 13.5. The molecule has 0 unspecified atom stereocenters. The summed E-state index contributed by atoms with van der Waals surface area (Å²) in [6.45, 7) is 4.93. The minimum atomic E-state index is -3.85. The predicted molar refractivity (Wildman–Crippen MR) is 140 cm³/mol. The van der Waals surface area contributed by atoms with Crippen LogP contribution in [0.25, 0.3) is 32.0 Å². The van der Waals surface area contributed by atoms with Crippen molar-refractivity contribution in [1.82, 2.24) is 14.8 Å². The summed E-state index contributed by atoms with van der Waals surface area (Å²) in [7, 11) is -2.29. The highest BCUT2D eigenvalue weighted by molar-refractivity contribution is 7.95. The second-order valence-electron chi connectivity index (χ2n) is 8.14. The number of rotatable bonds is 7. The van der Waals surface area contributed by atoms with Gasteiger partial charge in [-0.25, -0.2) is 17.2 Å². The van der Waals surface area contributed by atoms with Crippen molar-refractivity contribution < 1.29 is 26.4 Å². The first kappa shape index (κ1) is 25.3. The fraction of sp³-hybridized carbons (Fsp3) is 0.0800. The van der Waals surface area contributed by atoms with Crippen LogP contribution in [0.1, 0.15) is 5.89 Å². The molecule has 5 rings (SSSR count). The molecule has 3 heterocycles. The molecule has 13 heteroatoms. The molecule has 0 fully saturated rings. The van der Waals surface area contributed by atoms with Crippen molar-refractivity contribution in [1.29, 1.82) is 0 Å². The van der Waals surface area contributed by atoms with Gasteiger partial charge in [-0.3, -0.25) is 9.52 Å². The second-order valence-corrected chi connectivity index (χ2v) is 10.8. The van der Waals surface area contributed by atoms with Crippen LogP contribution in [0.3, 0.4) is 0 Å². The van der Waals surface area contributed by atoms with Crippen LogP contribution in [-0.4, -0.2) is 23.2 Å². The minimum absolute atomic E-state index is 0.124. The topological polar surface area (TPSA) is 116 Å². The molecule has 0 aliphatic heterocycles. The lowest BCUT2D eigenvalue weighted by Gasteiger charge is -2.16. The molecular formula is C25H18F2N4O5S2. The van der Waals surface area contributed by atoms with Crippen LogP contribution in [0.4, 0.5) is 14.5 Å². The molecule has 0 saturated heterocycles. The molecule has 0 aliphatic rings. The average molecular weight is 557 g/mol. The number of thiophene rings is 1. The highest BCUT2D eigenvalue weighted by Crippen LogP contribution is 2.42. The van der Waals surface area contributed by atoms with Crippen LogP contribution in [0, 0.1) is 18.6 Å². The zero-order valence-electron chi connectivity index (χ0n) is 19.9. The molecule has 38 heavy (non-hydrogen) atoms. The van der Waals surface area contributed by atoms with Gasteiger partial charge in [-0.1, -0.05) is 6.58 Å². The third-order valence-electron chi connectivity index (χ3n) is 5.46. The summed E-state index contributed by atoms with van der Waals surface area (Å²) in [5, 5.41) is 9.11. The van der Waals surface area contributed by atoms with Crippen LogP contribution in [0.2, 0.25) is 0 Å². The molecule has 9 nitrogen and oxygen atoms in total. The van der Waals surface area contributed by atoms with Crippen molar-refractivity contribution in [3.05, 3.63) is 88.5 Å². The molecule has 0 atom stereocenters. The van der Waals surface area contributed by atoms with E-state index < -0.39 is 21.7 Å². The summed E-state index contributed by atoms with van der Waals surface area (Å²) in [6, 6.07) is 8.90.